The van der Waals surface area contributed by atoms with Gasteiger partial charge in [0.05, 0.1) is 16.7 Å². The van der Waals surface area contributed by atoms with E-state index in [1.807, 2.05) is 23.6 Å². The van der Waals surface area contributed by atoms with E-state index in [4.69, 9.17) is 16.9 Å². The highest BCUT2D eigenvalue weighted by Crippen LogP contribution is 2.22. The topological polar surface area (TPSA) is 70.0 Å². The molecule has 0 aliphatic rings. The van der Waals surface area contributed by atoms with E-state index in [-0.39, 0.29) is 9.92 Å². The number of hydrogen-bond donors (Lipinski definition) is 1. The molecule has 1 N–H and O–H groups in total. The summed E-state index contributed by atoms with van der Waals surface area (Å²) in [6.07, 6.45) is 0.630. The third-order valence-corrected chi connectivity index (χ3v) is 5.47. The van der Waals surface area contributed by atoms with Crippen LogP contribution in [0, 0.1) is 11.3 Å². The zero-order valence-electron chi connectivity index (χ0n) is 10.3. The molecule has 104 valence electrons. The molecule has 0 bridgehead atoms. The molecule has 0 spiro atoms. The van der Waals surface area contributed by atoms with Crippen LogP contribution in [0.25, 0.3) is 0 Å². The van der Waals surface area contributed by atoms with Crippen LogP contribution >= 0.6 is 22.9 Å². The predicted molar refractivity (Wildman–Crippen MR) is 79.4 cm³/mol. The van der Waals surface area contributed by atoms with E-state index >= 15 is 0 Å². The number of benzene rings is 1. The molecule has 1 aromatic heterocycles. The number of nitrogens with one attached hydrogen (secondary N) is 1. The SMILES string of the molecule is N#Cc1ccc(S(=O)(=O)NCCc2cccs2)c(Cl)c1. The summed E-state index contributed by atoms with van der Waals surface area (Å²) in [4.78, 5) is 1.10. The molecule has 0 saturated heterocycles. The summed E-state index contributed by atoms with van der Waals surface area (Å²) in [7, 11) is -3.66. The Morgan fingerprint density at radius 2 is 2.15 bits per heavy atom. The summed E-state index contributed by atoms with van der Waals surface area (Å²) in [6, 6.07) is 9.90. The second kappa shape index (κ2) is 6.37. The van der Waals surface area contributed by atoms with Gasteiger partial charge >= 0.3 is 0 Å². The van der Waals surface area contributed by atoms with Crippen LogP contribution in [0.4, 0.5) is 0 Å². The summed E-state index contributed by atoms with van der Waals surface area (Å²) < 4.78 is 26.7. The minimum atomic E-state index is -3.66. The van der Waals surface area contributed by atoms with Crippen LogP contribution in [0.1, 0.15) is 10.4 Å². The second-order valence-electron chi connectivity index (χ2n) is 3.98. The van der Waals surface area contributed by atoms with Crippen molar-refractivity contribution in [1.82, 2.24) is 4.72 Å². The number of thiophene rings is 1. The second-order valence-corrected chi connectivity index (χ2v) is 7.16. The van der Waals surface area contributed by atoms with Gasteiger partial charge in [0.2, 0.25) is 10.0 Å². The van der Waals surface area contributed by atoms with E-state index < -0.39 is 10.0 Å². The van der Waals surface area contributed by atoms with E-state index in [9.17, 15) is 8.42 Å². The summed E-state index contributed by atoms with van der Waals surface area (Å²) >= 11 is 7.48. The largest absolute Gasteiger partial charge is 0.242 e. The summed E-state index contributed by atoms with van der Waals surface area (Å²) in [6.45, 7) is 0.305. The standard InChI is InChI=1S/C13H11ClN2O2S2/c14-12-8-10(9-15)3-4-13(12)20(17,18)16-6-5-11-2-1-7-19-11/h1-4,7-8,16H,5-6H2. The highest BCUT2D eigenvalue weighted by Gasteiger charge is 2.17. The Kier molecular flexibility index (Phi) is 4.78. The van der Waals surface area contributed by atoms with Crippen molar-refractivity contribution in [2.45, 2.75) is 11.3 Å². The van der Waals surface area contributed by atoms with Gasteiger partial charge in [-0.15, -0.1) is 11.3 Å². The maximum Gasteiger partial charge on any atom is 0.242 e. The van der Waals surface area contributed by atoms with Crippen LogP contribution in [-0.2, 0) is 16.4 Å². The number of hydrogen-bond acceptors (Lipinski definition) is 4. The van der Waals surface area contributed by atoms with Crippen molar-refractivity contribution >= 4 is 33.0 Å². The molecular weight excluding hydrogens is 316 g/mol. The lowest BCUT2D eigenvalue weighted by Gasteiger charge is -2.08. The average molecular weight is 327 g/mol. The first kappa shape index (κ1) is 15.0. The molecule has 0 atom stereocenters. The van der Waals surface area contributed by atoms with Crippen molar-refractivity contribution in [1.29, 1.82) is 5.26 Å². The zero-order chi connectivity index (χ0) is 14.6. The van der Waals surface area contributed by atoms with Crippen LogP contribution in [-0.4, -0.2) is 15.0 Å². The van der Waals surface area contributed by atoms with Gasteiger partial charge in [-0.3, -0.25) is 0 Å². The smallest absolute Gasteiger partial charge is 0.211 e. The molecule has 0 saturated carbocycles. The quantitative estimate of drug-likeness (QED) is 0.918. The normalized spacial score (nSPS) is 11.2. The third kappa shape index (κ3) is 3.58. The van der Waals surface area contributed by atoms with Gasteiger partial charge in [-0.1, -0.05) is 17.7 Å². The molecule has 2 rings (SSSR count). The number of nitriles is 1. The number of halogens is 1. The average Bonchev–Trinajstić information content (AvgIpc) is 2.91. The number of nitrogens with zero attached hydrogens (tertiary/aromatic N) is 1. The molecule has 7 heteroatoms. The molecule has 0 amide bonds. The molecule has 1 aromatic carbocycles. The highest BCUT2D eigenvalue weighted by molar-refractivity contribution is 7.89. The van der Waals surface area contributed by atoms with E-state index in [0.717, 1.165) is 4.88 Å². The monoisotopic (exact) mass is 326 g/mol. The van der Waals surface area contributed by atoms with E-state index in [1.54, 1.807) is 11.3 Å². The molecule has 0 aliphatic heterocycles. The van der Waals surface area contributed by atoms with Gasteiger partial charge in [-0.25, -0.2) is 13.1 Å². The molecule has 0 fully saturated rings. The third-order valence-electron chi connectivity index (χ3n) is 2.59. The Labute approximate surface area is 126 Å². The first-order chi connectivity index (χ1) is 9.53. The van der Waals surface area contributed by atoms with Crippen molar-refractivity contribution in [3.63, 3.8) is 0 Å². The van der Waals surface area contributed by atoms with E-state index in [2.05, 4.69) is 4.72 Å². The number of sulfonamides is 1. The van der Waals surface area contributed by atoms with E-state index in [0.29, 0.717) is 18.5 Å². The van der Waals surface area contributed by atoms with Crippen molar-refractivity contribution < 1.29 is 8.42 Å². The predicted octanol–water partition coefficient (Wildman–Crippen LogP) is 2.79. The van der Waals surface area contributed by atoms with Gasteiger partial charge in [0.15, 0.2) is 0 Å². The molecule has 0 radical (unpaired) electrons. The van der Waals surface area contributed by atoms with Gasteiger partial charge in [-0.2, -0.15) is 5.26 Å². The first-order valence-corrected chi connectivity index (χ1v) is 8.49. The Morgan fingerprint density at radius 3 is 2.75 bits per heavy atom. The fourth-order valence-corrected chi connectivity index (χ4v) is 3.91. The fraction of sp³-hybridized carbons (Fsp3) is 0.154. The molecule has 2 aromatic rings. The molecule has 0 unspecified atom stereocenters. The van der Waals surface area contributed by atoms with Crippen molar-refractivity contribution in [3.8, 4) is 6.07 Å². The lowest BCUT2D eigenvalue weighted by Crippen LogP contribution is -2.26. The summed E-state index contributed by atoms with van der Waals surface area (Å²) in [5.41, 5.74) is 0.326. The Balaban J connectivity index is 2.08. The van der Waals surface area contributed by atoms with Crippen LogP contribution in [0.5, 0.6) is 0 Å². The molecular formula is C13H11ClN2O2S2. The van der Waals surface area contributed by atoms with Crippen molar-refractivity contribution in [2.75, 3.05) is 6.54 Å². The molecule has 4 nitrogen and oxygen atoms in total. The fourth-order valence-electron chi connectivity index (χ4n) is 1.63. The van der Waals surface area contributed by atoms with Crippen molar-refractivity contribution in [3.05, 3.63) is 51.2 Å². The molecule has 20 heavy (non-hydrogen) atoms. The van der Waals surface area contributed by atoms with Gasteiger partial charge in [0.25, 0.3) is 0 Å². The minimum Gasteiger partial charge on any atom is -0.211 e. The molecule has 0 aliphatic carbocycles. The molecule has 1 heterocycles. The Morgan fingerprint density at radius 1 is 1.35 bits per heavy atom. The van der Waals surface area contributed by atoms with E-state index in [1.165, 1.54) is 18.2 Å². The van der Waals surface area contributed by atoms with Gasteiger partial charge in [0.1, 0.15) is 4.90 Å². The summed E-state index contributed by atoms with van der Waals surface area (Å²) in [5.74, 6) is 0. The van der Waals surface area contributed by atoms with Crippen LogP contribution in [0.2, 0.25) is 5.02 Å². The van der Waals surface area contributed by atoms with Gasteiger partial charge in [-0.05, 0) is 36.1 Å². The lowest BCUT2D eigenvalue weighted by atomic mass is 10.2. The van der Waals surface area contributed by atoms with Crippen LogP contribution in [0.15, 0.2) is 40.6 Å². The lowest BCUT2D eigenvalue weighted by molar-refractivity contribution is 0.582. The Bertz CT molecular complexity index is 734. The van der Waals surface area contributed by atoms with Gasteiger partial charge in [0, 0.05) is 11.4 Å². The van der Waals surface area contributed by atoms with Crippen LogP contribution < -0.4 is 4.72 Å². The van der Waals surface area contributed by atoms with Gasteiger partial charge < -0.3 is 0 Å². The maximum absolute atomic E-state index is 12.1. The van der Waals surface area contributed by atoms with Crippen LogP contribution in [0.3, 0.4) is 0 Å². The summed E-state index contributed by atoms with van der Waals surface area (Å²) in [5, 5.41) is 10.7. The Hall–Kier alpha value is -1.39. The minimum absolute atomic E-state index is 0.00986. The first-order valence-electron chi connectivity index (χ1n) is 5.74. The maximum atomic E-state index is 12.1. The highest BCUT2D eigenvalue weighted by atomic mass is 35.5. The zero-order valence-corrected chi connectivity index (χ0v) is 12.7. The van der Waals surface area contributed by atoms with Crippen molar-refractivity contribution in [2.24, 2.45) is 0 Å². The number of rotatable bonds is 5.